The van der Waals surface area contributed by atoms with Crippen LogP contribution < -0.4 is 5.32 Å². The molecule has 0 aliphatic carbocycles. The summed E-state index contributed by atoms with van der Waals surface area (Å²) >= 11 is 2.91. The lowest BCUT2D eigenvalue weighted by molar-refractivity contribution is 0.102. The standard InChI is InChI=1S/C17H26N4O2S2/c1-10(2)18-16-19-20-17(25-16)24-9-15(22)14-7-11(3)21(13(14)5)12(4)8-23-6/h7,10,12H,8-9H2,1-6H3,(H,18,19)/t12-/m0/s1. The summed E-state index contributed by atoms with van der Waals surface area (Å²) in [6.45, 7) is 10.8. The third kappa shape index (κ3) is 5.05. The number of aromatic nitrogens is 3. The maximum atomic E-state index is 12.6. The Balaban J connectivity index is 2.04. The van der Waals surface area contributed by atoms with Crippen molar-refractivity contribution < 1.29 is 9.53 Å². The molecule has 0 spiro atoms. The topological polar surface area (TPSA) is 69.0 Å². The van der Waals surface area contributed by atoms with E-state index in [0.29, 0.717) is 18.4 Å². The van der Waals surface area contributed by atoms with Gasteiger partial charge >= 0.3 is 0 Å². The van der Waals surface area contributed by atoms with Crippen LogP contribution in [0.2, 0.25) is 0 Å². The van der Waals surface area contributed by atoms with Gasteiger partial charge in [-0.1, -0.05) is 23.1 Å². The summed E-state index contributed by atoms with van der Waals surface area (Å²) in [7, 11) is 1.69. The molecule has 0 saturated heterocycles. The number of ether oxygens (including phenoxy) is 1. The molecule has 2 rings (SSSR count). The number of aryl methyl sites for hydroxylation is 1. The number of hydrogen-bond acceptors (Lipinski definition) is 7. The van der Waals surface area contributed by atoms with Gasteiger partial charge in [-0.25, -0.2) is 0 Å². The summed E-state index contributed by atoms with van der Waals surface area (Å²) in [5.41, 5.74) is 2.85. The maximum Gasteiger partial charge on any atom is 0.206 e. The molecule has 0 unspecified atom stereocenters. The minimum atomic E-state index is 0.113. The van der Waals surface area contributed by atoms with Crippen LogP contribution in [0.5, 0.6) is 0 Å². The van der Waals surface area contributed by atoms with Gasteiger partial charge in [-0.15, -0.1) is 10.2 Å². The molecular weight excluding hydrogens is 356 g/mol. The summed E-state index contributed by atoms with van der Waals surface area (Å²) in [5, 5.41) is 12.2. The van der Waals surface area contributed by atoms with E-state index in [0.717, 1.165) is 26.4 Å². The first-order valence-corrected chi connectivity index (χ1v) is 10.1. The molecule has 2 heterocycles. The van der Waals surface area contributed by atoms with E-state index in [2.05, 4.69) is 40.9 Å². The summed E-state index contributed by atoms with van der Waals surface area (Å²) in [6, 6.07) is 2.48. The van der Waals surface area contributed by atoms with Gasteiger partial charge in [0, 0.05) is 30.1 Å². The number of anilines is 1. The average Bonchev–Trinajstić information content (AvgIpc) is 3.08. The van der Waals surface area contributed by atoms with E-state index in [1.165, 1.54) is 23.1 Å². The highest BCUT2D eigenvalue weighted by Gasteiger charge is 2.19. The second-order valence-corrected chi connectivity index (χ2v) is 8.54. The molecule has 138 valence electrons. The molecule has 25 heavy (non-hydrogen) atoms. The Bertz CT molecular complexity index is 724. The summed E-state index contributed by atoms with van der Waals surface area (Å²) in [4.78, 5) is 12.6. The zero-order valence-corrected chi connectivity index (χ0v) is 17.3. The Kier molecular flexibility index (Phi) is 7.04. The van der Waals surface area contributed by atoms with Crippen LogP contribution in [0.15, 0.2) is 10.4 Å². The van der Waals surface area contributed by atoms with Gasteiger partial charge in [0.1, 0.15) is 0 Å². The summed E-state index contributed by atoms with van der Waals surface area (Å²) in [6.07, 6.45) is 0. The molecule has 2 aromatic heterocycles. The highest BCUT2D eigenvalue weighted by Crippen LogP contribution is 2.28. The first-order chi connectivity index (χ1) is 11.8. The monoisotopic (exact) mass is 382 g/mol. The fourth-order valence-corrected chi connectivity index (χ4v) is 4.61. The zero-order valence-electron chi connectivity index (χ0n) is 15.6. The number of rotatable bonds is 9. The highest BCUT2D eigenvalue weighted by molar-refractivity contribution is 8.01. The van der Waals surface area contributed by atoms with Gasteiger partial charge < -0.3 is 14.6 Å². The number of nitrogens with one attached hydrogen (secondary N) is 1. The molecular formula is C17H26N4O2S2. The van der Waals surface area contributed by atoms with Crippen molar-refractivity contribution in [2.75, 3.05) is 24.8 Å². The van der Waals surface area contributed by atoms with Gasteiger partial charge in [0.25, 0.3) is 0 Å². The second-order valence-electron chi connectivity index (χ2n) is 6.34. The molecule has 2 aromatic rings. The molecule has 0 saturated carbocycles. The Morgan fingerprint density at radius 2 is 2.08 bits per heavy atom. The quantitative estimate of drug-likeness (QED) is 0.523. The fraction of sp³-hybridized carbons (Fsp3) is 0.588. The van der Waals surface area contributed by atoms with Crippen molar-refractivity contribution in [1.29, 1.82) is 0 Å². The predicted octanol–water partition coefficient (Wildman–Crippen LogP) is 3.96. The first-order valence-electron chi connectivity index (χ1n) is 8.26. The molecule has 0 aliphatic rings. The van der Waals surface area contributed by atoms with E-state index in [-0.39, 0.29) is 11.8 Å². The smallest absolute Gasteiger partial charge is 0.206 e. The largest absolute Gasteiger partial charge is 0.383 e. The molecule has 1 atom stereocenters. The number of nitrogens with zero attached hydrogens (tertiary/aromatic N) is 3. The van der Waals surface area contributed by atoms with E-state index in [1.54, 1.807) is 7.11 Å². The number of Topliss-reactive ketones (excluding diaryl/α,β-unsaturated/α-hetero) is 1. The lowest BCUT2D eigenvalue weighted by atomic mass is 10.2. The van der Waals surface area contributed by atoms with Crippen LogP contribution in [0.1, 0.15) is 48.6 Å². The number of ketones is 1. The SMILES string of the molecule is COC[C@H](C)n1c(C)cc(C(=O)CSc2nnc(NC(C)C)s2)c1C. The average molecular weight is 383 g/mol. The molecule has 6 nitrogen and oxygen atoms in total. The van der Waals surface area contributed by atoms with Crippen LogP contribution >= 0.6 is 23.1 Å². The molecule has 1 N–H and O–H groups in total. The highest BCUT2D eigenvalue weighted by atomic mass is 32.2. The molecule has 0 radical (unpaired) electrons. The van der Waals surface area contributed by atoms with E-state index < -0.39 is 0 Å². The van der Waals surface area contributed by atoms with Crippen LogP contribution in [0.25, 0.3) is 0 Å². The number of methoxy groups -OCH3 is 1. The molecule has 0 amide bonds. The lowest BCUT2D eigenvalue weighted by Crippen LogP contribution is -2.14. The van der Waals surface area contributed by atoms with Crippen molar-refractivity contribution in [2.24, 2.45) is 0 Å². The predicted molar refractivity (Wildman–Crippen MR) is 104 cm³/mol. The van der Waals surface area contributed by atoms with Gasteiger partial charge in [0.05, 0.1) is 18.4 Å². The number of carbonyl (C=O) groups excluding carboxylic acids is 1. The molecule has 0 aromatic carbocycles. The Hall–Kier alpha value is -1.38. The van der Waals surface area contributed by atoms with Crippen LogP contribution in [0.4, 0.5) is 5.13 Å². The van der Waals surface area contributed by atoms with Gasteiger partial charge in [-0.3, -0.25) is 4.79 Å². The summed E-state index contributed by atoms with van der Waals surface area (Å²) < 4.78 is 8.21. The van der Waals surface area contributed by atoms with Crippen molar-refractivity contribution >= 4 is 34.0 Å². The van der Waals surface area contributed by atoms with Crippen molar-refractivity contribution in [1.82, 2.24) is 14.8 Å². The van der Waals surface area contributed by atoms with E-state index in [4.69, 9.17) is 4.74 Å². The maximum absolute atomic E-state index is 12.6. The Morgan fingerprint density at radius 3 is 2.72 bits per heavy atom. The fourth-order valence-electron chi connectivity index (χ4n) is 2.83. The van der Waals surface area contributed by atoms with E-state index >= 15 is 0 Å². The van der Waals surface area contributed by atoms with Crippen molar-refractivity contribution in [3.8, 4) is 0 Å². The molecule has 8 heteroatoms. The van der Waals surface area contributed by atoms with Crippen LogP contribution in [-0.2, 0) is 4.74 Å². The van der Waals surface area contributed by atoms with Crippen LogP contribution in [0, 0.1) is 13.8 Å². The number of carbonyl (C=O) groups is 1. The van der Waals surface area contributed by atoms with E-state index in [1.807, 2.05) is 19.9 Å². The minimum absolute atomic E-state index is 0.113. The van der Waals surface area contributed by atoms with Gasteiger partial charge in [-0.2, -0.15) is 0 Å². The normalized spacial score (nSPS) is 12.6. The molecule has 0 aliphatic heterocycles. The second kappa shape index (κ2) is 8.82. The number of thioether (sulfide) groups is 1. The van der Waals surface area contributed by atoms with Crippen molar-refractivity contribution in [2.45, 2.75) is 51.0 Å². The Morgan fingerprint density at radius 1 is 1.36 bits per heavy atom. The van der Waals surface area contributed by atoms with Gasteiger partial charge in [0.15, 0.2) is 10.1 Å². The molecule has 0 fully saturated rings. The third-order valence-corrected chi connectivity index (χ3v) is 5.77. The Labute approximate surface area is 157 Å². The third-order valence-electron chi connectivity index (χ3n) is 3.78. The van der Waals surface area contributed by atoms with Gasteiger partial charge in [-0.05, 0) is 40.7 Å². The van der Waals surface area contributed by atoms with E-state index in [9.17, 15) is 4.79 Å². The van der Waals surface area contributed by atoms with Gasteiger partial charge in [0.2, 0.25) is 5.13 Å². The van der Waals surface area contributed by atoms with Crippen LogP contribution in [0.3, 0.4) is 0 Å². The lowest BCUT2D eigenvalue weighted by Gasteiger charge is -2.17. The summed E-state index contributed by atoms with van der Waals surface area (Å²) in [5.74, 6) is 0.474. The number of hydrogen-bond donors (Lipinski definition) is 1. The van der Waals surface area contributed by atoms with Crippen molar-refractivity contribution in [3.05, 3.63) is 23.0 Å². The first kappa shape index (κ1) is 19.9. The van der Waals surface area contributed by atoms with Crippen molar-refractivity contribution in [3.63, 3.8) is 0 Å². The molecule has 0 bridgehead atoms. The van der Waals surface area contributed by atoms with Crippen LogP contribution in [-0.4, -0.2) is 46.1 Å². The zero-order chi connectivity index (χ0) is 18.6. The minimum Gasteiger partial charge on any atom is -0.383 e.